The van der Waals surface area contributed by atoms with Gasteiger partial charge in [0.2, 0.25) is 0 Å². The molecule has 3 aliphatic carbocycles. The molecule has 0 heterocycles. The molecule has 15 heavy (non-hydrogen) atoms. The van der Waals surface area contributed by atoms with Crippen molar-refractivity contribution >= 4 is 0 Å². The second-order valence-electron chi connectivity index (χ2n) is 7.61. The Labute approximate surface area is 94.8 Å². The van der Waals surface area contributed by atoms with Crippen molar-refractivity contribution in [2.24, 2.45) is 34.5 Å². The van der Waals surface area contributed by atoms with Crippen LogP contribution in [0.3, 0.4) is 0 Å². The van der Waals surface area contributed by atoms with E-state index in [1.54, 1.807) is 0 Å². The first-order chi connectivity index (χ1) is 6.95. The van der Waals surface area contributed by atoms with Gasteiger partial charge in [0.15, 0.2) is 0 Å². The normalized spacial score (nSPS) is 56.8. The van der Waals surface area contributed by atoms with Crippen LogP contribution in [0.5, 0.6) is 0 Å². The molecule has 0 amide bonds. The van der Waals surface area contributed by atoms with Gasteiger partial charge in [-0.05, 0) is 60.2 Å². The zero-order valence-corrected chi connectivity index (χ0v) is 10.8. The fourth-order valence-corrected chi connectivity index (χ4v) is 5.65. The molecule has 0 heteroatoms. The van der Waals surface area contributed by atoms with Crippen molar-refractivity contribution in [2.75, 3.05) is 0 Å². The van der Waals surface area contributed by atoms with E-state index >= 15 is 0 Å². The second-order valence-corrected chi connectivity index (χ2v) is 7.61. The van der Waals surface area contributed by atoms with Crippen molar-refractivity contribution in [2.45, 2.75) is 59.8 Å². The Kier molecular flexibility index (Phi) is 1.91. The first kappa shape index (κ1) is 10.2. The van der Waals surface area contributed by atoms with Crippen LogP contribution < -0.4 is 0 Å². The second kappa shape index (κ2) is 2.81. The predicted octanol–water partition coefficient (Wildman–Crippen LogP) is 4.49. The Morgan fingerprint density at radius 3 is 2.33 bits per heavy atom. The summed E-state index contributed by atoms with van der Waals surface area (Å²) in [6.07, 6.45) is 7.60. The molecule has 0 N–H and O–H groups in total. The van der Waals surface area contributed by atoms with E-state index in [1.807, 2.05) is 0 Å². The molecule has 0 aliphatic heterocycles. The molecule has 0 aromatic carbocycles. The van der Waals surface area contributed by atoms with Crippen molar-refractivity contribution in [1.29, 1.82) is 0 Å². The molecule has 5 atom stereocenters. The maximum absolute atomic E-state index is 2.61. The molecular formula is C15H26. The summed E-state index contributed by atoms with van der Waals surface area (Å²) < 4.78 is 0. The molecule has 0 aromatic rings. The minimum atomic E-state index is 0.632. The molecule has 2 unspecified atom stereocenters. The topological polar surface area (TPSA) is 0 Å². The molecule has 0 nitrogen and oxygen atoms in total. The zero-order valence-electron chi connectivity index (χ0n) is 10.8. The Balaban J connectivity index is 1.95. The van der Waals surface area contributed by atoms with Gasteiger partial charge in [-0.25, -0.2) is 0 Å². The summed E-state index contributed by atoms with van der Waals surface area (Å²) in [5.74, 6) is 4.19. The lowest BCUT2D eigenvalue weighted by molar-refractivity contribution is -0.148. The van der Waals surface area contributed by atoms with Crippen molar-refractivity contribution < 1.29 is 0 Å². The molecule has 0 aromatic heterocycles. The quantitative estimate of drug-likeness (QED) is 0.547. The monoisotopic (exact) mass is 206 g/mol. The van der Waals surface area contributed by atoms with E-state index in [2.05, 4.69) is 27.7 Å². The van der Waals surface area contributed by atoms with Crippen LogP contribution in [0, 0.1) is 34.5 Å². The number of hydrogen-bond donors (Lipinski definition) is 0. The van der Waals surface area contributed by atoms with Gasteiger partial charge in [-0.15, -0.1) is 0 Å². The third kappa shape index (κ3) is 1.14. The van der Waals surface area contributed by atoms with E-state index < -0.39 is 0 Å². The lowest BCUT2D eigenvalue weighted by Crippen LogP contribution is -2.56. The van der Waals surface area contributed by atoms with Crippen molar-refractivity contribution in [3.63, 3.8) is 0 Å². The third-order valence-corrected chi connectivity index (χ3v) is 6.50. The van der Waals surface area contributed by atoms with Gasteiger partial charge >= 0.3 is 0 Å². The molecule has 3 fully saturated rings. The first-order valence-electron chi connectivity index (χ1n) is 6.95. The summed E-state index contributed by atoms with van der Waals surface area (Å²) in [5, 5.41) is 0. The molecule has 0 radical (unpaired) electrons. The maximum Gasteiger partial charge on any atom is -0.0261 e. The SMILES string of the molecule is CC1CCC2[C@@H]1CC(C)(C)[C@@H]1CC[C@@]21C. The van der Waals surface area contributed by atoms with Gasteiger partial charge < -0.3 is 0 Å². The van der Waals surface area contributed by atoms with Crippen LogP contribution in [0.4, 0.5) is 0 Å². The Morgan fingerprint density at radius 2 is 1.73 bits per heavy atom. The molecular weight excluding hydrogens is 180 g/mol. The average molecular weight is 206 g/mol. The largest absolute Gasteiger partial charge is 0.0622 e. The van der Waals surface area contributed by atoms with Gasteiger partial charge in [0.1, 0.15) is 0 Å². The summed E-state index contributed by atoms with van der Waals surface area (Å²) in [7, 11) is 0. The van der Waals surface area contributed by atoms with Crippen molar-refractivity contribution in [3.05, 3.63) is 0 Å². The van der Waals surface area contributed by atoms with E-state index in [0.717, 1.165) is 29.1 Å². The minimum Gasteiger partial charge on any atom is -0.0622 e. The molecule has 3 aliphatic rings. The van der Waals surface area contributed by atoms with E-state index in [1.165, 1.54) is 32.1 Å². The highest BCUT2D eigenvalue weighted by atomic mass is 14.7. The van der Waals surface area contributed by atoms with Gasteiger partial charge in [0.25, 0.3) is 0 Å². The number of fused-ring (bicyclic) bond motifs is 3. The van der Waals surface area contributed by atoms with Crippen LogP contribution in [0.25, 0.3) is 0 Å². The fraction of sp³-hybridized carbons (Fsp3) is 1.00. The highest BCUT2D eigenvalue weighted by Crippen LogP contribution is 2.69. The summed E-state index contributed by atoms with van der Waals surface area (Å²) >= 11 is 0. The molecule has 0 spiro atoms. The lowest BCUT2D eigenvalue weighted by atomic mass is 9.41. The number of rotatable bonds is 0. The highest BCUT2D eigenvalue weighted by Gasteiger charge is 2.61. The standard InChI is InChI=1S/C15H26/c1-10-5-6-12-11(10)9-14(2,3)13-7-8-15(12,13)4/h10-13H,5-9H2,1-4H3/t10?,11-,12?,13+,15+/m1/s1. The van der Waals surface area contributed by atoms with Gasteiger partial charge in [-0.2, -0.15) is 0 Å². The van der Waals surface area contributed by atoms with Crippen LogP contribution in [-0.4, -0.2) is 0 Å². The van der Waals surface area contributed by atoms with Gasteiger partial charge in [0, 0.05) is 0 Å². The van der Waals surface area contributed by atoms with E-state index in [9.17, 15) is 0 Å². The zero-order chi connectivity index (χ0) is 10.8. The van der Waals surface area contributed by atoms with Crippen LogP contribution in [0.2, 0.25) is 0 Å². The third-order valence-electron chi connectivity index (χ3n) is 6.50. The lowest BCUT2D eigenvalue weighted by Gasteiger charge is -2.64. The number of hydrogen-bond acceptors (Lipinski definition) is 0. The maximum atomic E-state index is 2.61. The summed E-state index contributed by atoms with van der Waals surface area (Å²) in [5.41, 5.74) is 1.37. The van der Waals surface area contributed by atoms with Crippen LogP contribution in [-0.2, 0) is 0 Å². The van der Waals surface area contributed by atoms with E-state index in [-0.39, 0.29) is 0 Å². The Bertz CT molecular complexity index is 278. The fourth-order valence-electron chi connectivity index (χ4n) is 5.65. The molecule has 0 bridgehead atoms. The summed E-state index contributed by atoms with van der Waals surface area (Å²) in [6, 6.07) is 0. The highest BCUT2D eigenvalue weighted by molar-refractivity contribution is 5.10. The average Bonchev–Trinajstić information content (AvgIpc) is 2.43. The van der Waals surface area contributed by atoms with Crippen LogP contribution in [0.1, 0.15) is 59.8 Å². The molecule has 86 valence electrons. The Morgan fingerprint density at radius 1 is 1.00 bits per heavy atom. The van der Waals surface area contributed by atoms with Gasteiger partial charge in [0.05, 0.1) is 0 Å². The summed E-state index contributed by atoms with van der Waals surface area (Å²) in [4.78, 5) is 0. The Hall–Kier alpha value is 0. The van der Waals surface area contributed by atoms with E-state index in [4.69, 9.17) is 0 Å². The van der Waals surface area contributed by atoms with Crippen molar-refractivity contribution in [1.82, 2.24) is 0 Å². The van der Waals surface area contributed by atoms with Crippen LogP contribution in [0.15, 0.2) is 0 Å². The molecule has 3 saturated carbocycles. The van der Waals surface area contributed by atoms with E-state index in [0.29, 0.717) is 5.41 Å². The molecule has 3 rings (SSSR count). The first-order valence-corrected chi connectivity index (χ1v) is 6.95. The summed E-state index contributed by atoms with van der Waals surface area (Å²) in [6.45, 7) is 10.2. The smallest absolute Gasteiger partial charge is 0.0261 e. The van der Waals surface area contributed by atoms with Crippen molar-refractivity contribution in [3.8, 4) is 0 Å². The van der Waals surface area contributed by atoms with Gasteiger partial charge in [-0.1, -0.05) is 34.1 Å². The van der Waals surface area contributed by atoms with Crippen LogP contribution >= 0.6 is 0 Å². The van der Waals surface area contributed by atoms with Gasteiger partial charge in [-0.3, -0.25) is 0 Å². The minimum absolute atomic E-state index is 0.632. The molecule has 0 saturated heterocycles. The predicted molar refractivity (Wildman–Crippen MR) is 64.6 cm³/mol.